The molecule has 1 saturated heterocycles. The van der Waals surface area contributed by atoms with Crippen LogP contribution in [0.3, 0.4) is 0 Å². The van der Waals surface area contributed by atoms with E-state index in [-0.39, 0.29) is 17.9 Å². The van der Waals surface area contributed by atoms with Gasteiger partial charge in [0.05, 0.1) is 11.4 Å². The molecule has 0 bridgehead atoms. The quantitative estimate of drug-likeness (QED) is 0.907. The minimum Gasteiger partial charge on any atom is -0.358 e. The van der Waals surface area contributed by atoms with E-state index in [1.54, 1.807) is 6.07 Å². The second-order valence-corrected chi connectivity index (χ2v) is 6.68. The lowest BCUT2D eigenvalue weighted by atomic mass is 10.1. The summed E-state index contributed by atoms with van der Waals surface area (Å²) in [6.07, 6.45) is 1.92. The molecule has 2 amide bonds. The molecule has 2 aliphatic heterocycles. The average molecular weight is 335 g/mol. The molecule has 2 heterocycles. The molecule has 5 nitrogen and oxygen atoms in total. The van der Waals surface area contributed by atoms with E-state index < -0.39 is 0 Å². The fourth-order valence-electron chi connectivity index (χ4n) is 3.66. The summed E-state index contributed by atoms with van der Waals surface area (Å²) >= 11 is 0. The Morgan fingerprint density at radius 2 is 2.12 bits per heavy atom. The van der Waals surface area contributed by atoms with Crippen molar-refractivity contribution < 1.29 is 9.59 Å². The van der Waals surface area contributed by atoms with Crippen molar-refractivity contribution in [3.05, 3.63) is 59.2 Å². The van der Waals surface area contributed by atoms with Gasteiger partial charge in [-0.3, -0.25) is 9.59 Å². The second kappa shape index (κ2) is 6.24. The van der Waals surface area contributed by atoms with Gasteiger partial charge in [-0.15, -0.1) is 0 Å². The maximum atomic E-state index is 12.5. The summed E-state index contributed by atoms with van der Waals surface area (Å²) < 4.78 is 0. The third-order valence-corrected chi connectivity index (χ3v) is 5.08. The first kappa shape index (κ1) is 15.7. The van der Waals surface area contributed by atoms with E-state index in [4.69, 9.17) is 0 Å². The highest BCUT2D eigenvalue weighted by Gasteiger charge is 2.36. The summed E-state index contributed by atoms with van der Waals surface area (Å²) in [5.74, 6) is -0.105. The third kappa shape index (κ3) is 2.86. The Balaban J connectivity index is 1.52. The number of hydrogen-bond acceptors (Lipinski definition) is 3. The monoisotopic (exact) mass is 335 g/mol. The molecule has 5 heteroatoms. The summed E-state index contributed by atoms with van der Waals surface area (Å²) in [6, 6.07) is 13.5. The summed E-state index contributed by atoms with van der Waals surface area (Å²) in [5, 5.41) is 5.90. The van der Waals surface area contributed by atoms with E-state index >= 15 is 0 Å². The standard InChI is InChI=1S/C20H21N3O2/c1-13-5-2-3-6-15(13)12-21-19(24)14-8-9-17-16(11-14)22-20(25)18-7-4-10-23(17)18/h2-3,5-6,8-9,11,18H,4,7,10,12H2,1H3,(H,21,24)(H,22,25)/t18-/m1/s1. The largest absolute Gasteiger partial charge is 0.358 e. The van der Waals surface area contributed by atoms with E-state index in [1.165, 1.54) is 0 Å². The highest BCUT2D eigenvalue weighted by Crippen LogP contribution is 2.37. The van der Waals surface area contributed by atoms with Crippen LogP contribution in [0.4, 0.5) is 11.4 Å². The van der Waals surface area contributed by atoms with Crippen molar-refractivity contribution in [2.24, 2.45) is 0 Å². The number of nitrogens with one attached hydrogen (secondary N) is 2. The van der Waals surface area contributed by atoms with Crippen LogP contribution in [0.5, 0.6) is 0 Å². The molecule has 2 aromatic rings. The molecule has 2 aliphatic rings. The van der Waals surface area contributed by atoms with Crippen molar-refractivity contribution in [2.75, 3.05) is 16.8 Å². The van der Waals surface area contributed by atoms with Crippen molar-refractivity contribution in [2.45, 2.75) is 32.4 Å². The van der Waals surface area contributed by atoms with Gasteiger partial charge in [-0.25, -0.2) is 0 Å². The summed E-state index contributed by atoms with van der Waals surface area (Å²) in [5.41, 5.74) is 4.55. The molecule has 2 aromatic carbocycles. The lowest BCUT2D eigenvalue weighted by Crippen LogP contribution is -2.44. The Morgan fingerprint density at radius 3 is 2.96 bits per heavy atom. The van der Waals surface area contributed by atoms with Crippen molar-refractivity contribution in [1.29, 1.82) is 0 Å². The minimum absolute atomic E-state index is 0.0301. The minimum atomic E-state index is -0.135. The Morgan fingerprint density at radius 1 is 1.28 bits per heavy atom. The smallest absolute Gasteiger partial charge is 0.251 e. The van der Waals surface area contributed by atoms with Crippen molar-refractivity contribution in [1.82, 2.24) is 5.32 Å². The molecule has 0 saturated carbocycles. The first-order valence-corrected chi connectivity index (χ1v) is 8.68. The normalized spacial score (nSPS) is 18.4. The molecule has 25 heavy (non-hydrogen) atoms. The molecule has 0 radical (unpaired) electrons. The van der Waals surface area contributed by atoms with Crippen LogP contribution in [0.1, 0.15) is 34.3 Å². The van der Waals surface area contributed by atoms with E-state index in [9.17, 15) is 9.59 Å². The first-order valence-electron chi connectivity index (χ1n) is 8.68. The highest BCUT2D eigenvalue weighted by molar-refractivity contribution is 6.06. The topological polar surface area (TPSA) is 61.4 Å². The number of anilines is 2. The van der Waals surface area contributed by atoms with Crippen LogP contribution < -0.4 is 15.5 Å². The second-order valence-electron chi connectivity index (χ2n) is 6.68. The van der Waals surface area contributed by atoms with Gasteiger partial charge < -0.3 is 15.5 Å². The van der Waals surface area contributed by atoms with Crippen LogP contribution >= 0.6 is 0 Å². The van der Waals surface area contributed by atoms with E-state index in [2.05, 4.69) is 15.5 Å². The number of fused-ring (bicyclic) bond motifs is 3. The molecule has 0 spiro atoms. The number of amides is 2. The lowest BCUT2D eigenvalue weighted by Gasteiger charge is -2.33. The van der Waals surface area contributed by atoms with Crippen molar-refractivity contribution in [3.63, 3.8) is 0 Å². The van der Waals surface area contributed by atoms with Gasteiger partial charge in [-0.05, 0) is 49.1 Å². The molecule has 4 rings (SSSR count). The highest BCUT2D eigenvalue weighted by atomic mass is 16.2. The van der Waals surface area contributed by atoms with Gasteiger partial charge in [-0.2, -0.15) is 0 Å². The van der Waals surface area contributed by atoms with Crippen LogP contribution in [0.25, 0.3) is 0 Å². The molecule has 128 valence electrons. The molecular weight excluding hydrogens is 314 g/mol. The lowest BCUT2D eigenvalue weighted by molar-refractivity contribution is -0.117. The molecular formula is C20H21N3O2. The SMILES string of the molecule is Cc1ccccc1CNC(=O)c1ccc2c(c1)NC(=O)[C@H]1CCCN21. The fourth-order valence-corrected chi connectivity index (χ4v) is 3.66. The molecule has 1 atom stereocenters. The number of carbonyl (C=O) groups is 2. The fraction of sp³-hybridized carbons (Fsp3) is 0.300. The van der Waals surface area contributed by atoms with Gasteiger partial charge >= 0.3 is 0 Å². The van der Waals surface area contributed by atoms with Gasteiger partial charge in [0.15, 0.2) is 0 Å². The predicted molar refractivity (Wildman–Crippen MR) is 97.8 cm³/mol. The summed E-state index contributed by atoms with van der Waals surface area (Å²) in [6.45, 7) is 3.41. The summed E-state index contributed by atoms with van der Waals surface area (Å²) in [7, 11) is 0. The van der Waals surface area contributed by atoms with E-state index in [0.29, 0.717) is 12.1 Å². The molecule has 0 aliphatic carbocycles. The van der Waals surface area contributed by atoms with Crippen molar-refractivity contribution >= 4 is 23.2 Å². The average Bonchev–Trinajstić information content (AvgIpc) is 3.11. The molecule has 0 aromatic heterocycles. The Bertz CT molecular complexity index is 847. The number of carbonyl (C=O) groups excluding carboxylic acids is 2. The molecule has 0 unspecified atom stereocenters. The number of rotatable bonds is 3. The molecule has 1 fully saturated rings. The van der Waals surface area contributed by atoms with Crippen LogP contribution in [-0.2, 0) is 11.3 Å². The Hall–Kier alpha value is -2.82. The predicted octanol–water partition coefficient (Wildman–Crippen LogP) is 2.85. The van der Waals surface area contributed by atoms with Gasteiger partial charge in [-0.1, -0.05) is 24.3 Å². The van der Waals surface area contributed by atoms with Crippen LogP contribution in [0.2, 0.25) is 0 Å². The van der Waals surface area contributed by atoms with Crippen LogP contribution in [-0.4, -0.2) is 24.4 Å². The Labute approximate surface area is 147 Å². The zero-order valence-corrected chi connectivity index (χ0v) is 14.2. The maximum absolute atomic E-state index is 12.5. The third-order valence-electron chi connectivity index (χ3n) is 5.08. The van der Waals surface area contributed by atoms with Crippen LogP contribution in [0, 0.1) is 6.92 Å². The van der Waals surface area contributed by atoms with Gasteiger partial charge in [0.1, 0.15) is 6.04 Å². The zero-order valence-electron chi connectivity index (χ0n) is 14.2. The number of benzene rings is 2. The van der Waals surface area contributed by atoms with Crippen LogP contribution in [0.15, 0.2) is 42.5 Å². The number of hydrogen-bond donors (Lipinski definition) is 2. The zero-order chi connectivity index (χ0) is 17.4. The van der Waals surface area contributed by atoms with Gasteiger partial charge in [0.25, 0.3) is 5.91 Å². The number of aryl methyl sites for hydroxylation is 1. The van der Waals surface area contributed by atoms with E-state index in [1.807, 2.05) is 43.3 Å². The van der Waals surface area contributed by atoms with E-state index in [0.717, 1.165) is 41.9 Å². The first-order chi connectivity index (χ1) is 12.1. The van der Waals surface area contributed by atoms with Gasteiger partial charge in [0.2, 0.25) is 5.91 Å². The number of nitrogens with zero attached hydrogens (tertiary/aromatic N) is 1. The maximum Gasteiger partial charge on any atom is 0.251 e. The molecule has 2 N–H and O–H groups in total. The van der Waals surface area contributed by atoms with Gasteiger partial charge in [0, 0.05) is 18.7 Å². The Kier molecular flexibility index (Phi) is 3.92. The van der Waals surface area contributed by atoms with Crippen molar-refractivity contribution in [3.8, 4) is 0 Å². The summed E-state index contributed by atoms with van der Waals surface area (Å²) in [4.78, 5) is 26.8.